The van der Waals surface area contributed by atoms with Crippen LogP contribution in [0.5, 0.6) is 17.5 Å². The van der Waals surface area contributed by atoms with Gasteiger partial charge in [0.1, 0.15) is 23.4 Å². The molecule has 1 aliphatic rings. The number of nitrogens with zero attached hydrogens (tertiary/aromatic N) is 7. The van der Waals surface area contributed by atoms with E-state index in [0.717, 1.165) is 11.1 Å². The minimum atomic E-state index is -4.16. The van der Waals surface area contributed by atoms with Gasteiger partial charge in [-0.2, -0.15) is 9.97 Å². The van der Waals surface area contributed by atoms with Crippen LogP contribution in [-0.2, 0) is 21.2 Å². The molecule has 3 atom stereocenters. The highest BCUT2D eigenvalue weighted by molar-refractivity contribution is 7.93. The van der Waals surface area contributed by atoms with Gasteiger partial charge in [-0.3, -0.25) is 9.29 Å². The molecule has 1 unspecified atom stereocenters. The number of benzene rings is 1. The van der Waals surface area contributed by atoms with Gasteiger partial charge in [0.15, 0.2) is 23.4 Å². The standard InChI is InChI=1S/C25H28N8O6S/c1-14-11-26-21(27-12-14)20(36-3)15(2)40(34,35)32-25-31-30-22(18-10-16-8-6-7-9-17(16)39-18)33(25)19-23(37-4)28-13-29-24(19)38-5/h6-9,11-13,15,18,20H,10H2,1-5H3,(H,31,32)/t15-,18?,20-/m0/s1. The topological polar surface area (TPSA) is 165 Å². The van der Waals surface area contributed by atoms with Crippen LogP contribution in [0.3, 0.4) is 0 Å². The Bertz CT molecular complexity index is 1560. The molecule has 0 bridgehead atoms. The minimum absolute atomic E-state index is 0.111. The van der Waals surface area contributed by atoms with Crippen molar-refractivity contribution in [2.75, 3.05) is 26.1 Å². The molecule has 0 spiro atoms. The van der Waals surface area contributed by atoms with Crippen molar-refractivity contribution in [1.82, 2.24) is 34.7 Å². The van der Waals surface area contributed by atoms with Crippen molar-refractivity contribution in [3.8, 4) is 23.2 Å². The summed E-state index contributed by atoms with van der Waals surface area (Å²) in [5.41, 5.74) is 2.00. The van der Waals surface area contributed by atoms with Crippen LogP contribution in [0.25, 0.3) is 5.69 Å². The quantitative estimate of drug-likeness (QED) is 0.297. The van der Waals surface area contributed by atoms with Gasteiger partial charge in [0.2, 0.25) is 27.7 Å². The predicted molar refractivity (Wildman–Crippen MR) is 142 cm³/mol. The smallest absolute Gasteiger partial charge is 0.245 e. The van der Waals surface area contributed by atoms with E-state index in [0.29, 0.717) is 12.2 Å². The maximum atomic E-state index is 13.7. The van der Waals surface area contributed by atoms with Crippen molar-refractivity contribution >= 4 is 16.0 Å². The third kappa shape index (κ3) is 5.00. The molecular weight excluding hydrogens is 540 g/mol. The fraction of sp³-hybridized carbons (Fsp3) is 0.360. The second-order valence-electron chi connectivity index (χ2n) is 9.00. The summed E-state index contributed by atoms with van der Waals surface area (Å²) in [7, 11) is 0.0865. The average Bonchev–Trinajstić information content (AvgIpc) is 3.57. The molecule has 3 aromatic heterocycles. The highest BCUT2D eigenvalue weighted by Gasteiger charge is 2.37. The molecule has 15 heteroatoms. The van der Waals surface area contributed by atoms with Crippen LogP contribution >= 0.6 is 0 Å². The zero-order valence-electron chi connectivity index (χ0n) is 22.5. The second-order valence-corrected chi connectivity index (χ2v) is 11.0. The average molecular weight is 569 g/mol. The third-order valence-corrected chi connectivity index (χ3v) is 8.14. The molecule has 1 N–H and O–H groups in total. The lowest BCUT2D eigenvalue weighted by Crippen LogP contribution is -2.33. The maximum absolute atomic E-state index is 13.7. The third-order valence-electron chi connectivity index (χ3n) is 6.45. The van der Waals surface area contributed by atoms with Crippen LogP contribution in [0.15, 0.2) is 43.0 Å². The molecule has 4 aromatic rings. The number of hydrogen-bond acceptors (Lipinski definition) is 12. The lowest BCUT2D eigenvalue weighted by molar-refractivity contribution is 0.0949. The zero-order valence-corrected chi connectivity index (χ0v) is 23.3. The fourth-order valence-electron chi connectivity index (χ4n) is 4.39. The summed E-state index contributed by atoms with van der Waals surface area (Å²) < 4.78 is 54.0. The Labute approximate surface area is 230 Å². The van der Waals surface area contributed by atoms with Gasteiger partial charge in [0.25, 0.3) is 0 Å². The first-order valence-electron chi connectivity index (χ1n) is 12.2. The van der Waals surface area contributed by atoms with Gasteiger partial charge in [-0.05, 0) is 31.0 Å². The van der Waals surface area contributed by atoms with E-state index in [-0.39, 0.29) is 35.0 Å². The van der Waals surface area contributed by atoms with Gasteiger partial charge in [0.05, 0.1) is 14.2 Å². The SMILES string of the molecule is COc1ncnc(OC)c1-n1c(NS(=O)(=O)[C@@H](C)[C@H](OC)c2ncc(C)cn2)nnc1C1Cc2ccccc2O1. The van der Waals surface area contributed by atoms with Gasteiger partial charge in [-0.15, -0.1) is 10.2 Å². The van der Waals surface area contributed by atoms with E-state index in [1.165, 1.54) is 39.1 Å². The number of rotatable bonds is 10. The molecule has 0 aliphatic carbocycles. The number of ether oxygens (including phenoxy) is 4. The Morgan fingerprint density at radius 2 is 1.70 bits per heavy atom. The first-order chi connectivity index (χ1) is 19.3. The summed E-state index contributed by atoms with van der Waals surface area (Å²) in [5, 5.41) is 7.39. The summed E-state index contributed by atoms with van der Waals surface area (Å²) in [4.78, 5) is 16.9. The summed E-state index contributed by atoms with van der Waals surface area (Å²) in [6.07, 6.45) is 3.37. The van der Waals surface area contributed by atoms with E-state index in [4.69, 9.17) is 18.9 Å². The van der Waals surface area contributed by atoms with Crippen molar-refractivity contribution in [1.29, 1.82) is 0 Å². The van der Waals surface area contributed by atoms with Crippen LogP contribution in [0.1, 0.15) is 41.9 Å². The van der Waals surface area contributed by atoms with Crippen molar-refractivity contribution in [2.45, 2.75) is 37.7 Å². The Kier molecular flexibility index (Phi) is 7.49. The normalized spacial score (nSPS) is 16.1. The molecule has 0 radical (unpaired) electrons. The molecule has 40 heavy (non-hydrogen) atoms. The maximum Gasteiger partial charge on any atom is 0.245 e. The molecule has 4 heterocycles. The largest absolute Gasteiger partial charge is 0.482 e. The molecule has 210 valence electrons. The summed E-state index contributed by atoms with van der Waals surface area (Å²) in [5.74, 6) is 1.29. The van der Waals surface area contributed by atoms with Gasteiger partial charge in [-0.1, -0.05) is 18.2 Å². The van der Waals surface area contributed by atoms with Crippen molar-refractivity contribution in [3.05, 3.63) is 65.8 Å². The van der Waals surface area contributed by atoms with Crippen LogP contribution < -0.4 is 18.9 Å². The highest BCUT2D eigenvalue weighted by Crippen LogP contribution is 2.40. The molecule has 1 aromatic carbocycles. The first kappa shape index (κ1) is 27.2. The van der Waals surface area contributed by atoms with E-state index in [9.17, 15) is 8.42 Å². The Morgan fingerprint density at radius 3 is 2.33 bits per heavy atom. The Hall–Kier alpha value is -4.37. The first-order valence-corrected chi connectivity index (χ1v) is 13.8. The molecule has 14 nitrogen and oxygen atoms in total. The highest BCUT2D eigenvalue weighted by atomic mass is 32.2. The van der Waals surface area contributed by atoms with E-state index < -0.39 is 27.5 Å². The monoisotopic (exact) mass is 568 g/mol. The lowest BCUT2D eigenvalue weighted by atomic mass is 10.1. The minimum Gasteiger partial charge on any atom is -0.482 e. The van der Waals surface area contributed by atoms with Gasteiger partial charge in [0, 0.05) is 25.9 Å². The number of hydrogen-bond donors (Lipinski definition) is 1. The number of nitrogens with one attached hydrogen (secondary N) is 1. The van der Waals surface area contributed by atoms with Crippen molar-refractivity contribution in [3.63, 3.8) is 0 Å². The molecule has 5 rings (SSSR count). The van der Waals surface area contributed by atoms with Crippen molar-refractivity contribution in [2.24, 2.45) is 0 Å². The summed E-state index contributed by atoms with van der Waals surface area (Å²) in [6, 6.07) is 7.59. The van der Waals surface area contributed by atoms with Crippen LogP contribution in [0.2, 0.25) is 0 Å². The molecule has 0 saturated carbocycles. The Balaban J connectivity index is 1.58. The van der Waals surface area contributed by atoms with E-state index >= 15 is 0 Å². The van der Waals surface area contributed by atoms with Gasteiger partial charge in [-0.25, -0.2) is 18.4 Å². The fourth-order valence-corrected chi connectivity index (χ4v) is 5.53. The van der Waals surface area contributed by atoms with E-state index in [1.54, 1.807) is 12.4 Å². The van der Waals surface area contributed by atoms with Gasteiger partial charge < -0.3 is 18.9 Å². The van der Waals surface area contributed by atoms with Gasteiger partial charge >= 0.3 is 0 Å². The number of aryl methyl sites for hydroxylation is 1. The molecule has 0 fully saturated rings. The zero-order chi connectivity index (χ0) is 28.4. The summed E-state index contributed by atoms with van der Waals surface area (Å²) >= 11 is 0. The number of anilines is 1. The molecule has 0 saturated heterocycles. The van der Waals surface area contributed by atoms with Crippen molar-refractivity contribution < 1.29 is 27.4 Å². The lowest BCUT2D eigenvalue weighted by Gasteiger charge is -2.23. The number of aromatic nitrogens is 7. The number of fused-ring (bicyclic) bond motifs is 1. The molecule has 0 amide bonds. The number of para-hydroxylation sites is 1. The van der Waals surface area contributed by atoms with Crippen LogP contribution in [0.4, 0.5) is 5.95 Å². The predicted octanol–water partition coefficient (Wildman–Crippen LogP) is 2.37. The van der Waals surface area contributed by atoms with Crippen LogP contribution in [0, 0.1) is 6.92 Å². The summed E-state index contributed by atoms with van der Waals surface area (Å²) in [6.45, 7) is 3.32. The number of sulfonamides is 1. The molecular formula is C25H28N8O6S. The van der Waals surface area contributed by atoms with Crippen LogP contribution in [-0.4, -0.2) is 69.7 Å². The Morgan fingerprint density at radius 1 is 1.02 bits per heavy atom. The van der Waals surface area contributed by atoms with E-state index in [1.807, 2.05) is 31.2 Å². The van der Waals surface area contributed by atoms with E-state index in [2.05, 4.69) is 34.9 Å². The molecule has 1 aliphatic heterocycles. The number of methoxy groups -OCH3 is 3. The second kappa shape index (κ2) is 11.0.